The highest BCUT2D eigenvalue weighted by Gasteiger charge is 2.03. The van der Waals surface area contributed by atoms with E-state index < -0.39 is 0 Å². The van der Waals surface area contributed by atoms with Gasteiger partial charge in [-0.1, -0.05) is 13.3 Å². The second-order valence-corrected chi connectivity index (χ2v) is 6.94. The summed E-state index contributed by atoms with van der Waals surface area (Å²) in [4.78, 5) is 34.5. The Hall–Kier alpha value is -1.79. The average Bonchev–Trinajstić information content (AvgIpc) is 2.77. The normalized spacial score (nSPS) is 10.7. The number of ether oxygens (including phenoxy) is 4. The SMILES string of the molecule is CCCCNC(=O)COCCOCCNC(=O)COCCOCCNC(=O)CCCNC. The van der Waals surface area contributed by atoms with Crippen molar-refractivity contribution >= 4 is 17.7 Å². The molecule has 0 saturated carbocycles. The molecule has 0 rings (SSSR count). The first kappa shape index (κ1) is 30.2. The standard InChI is InChI=1S/C21H42N4O7/c1-3-4-8-23-20(27)17-31-15-14-30-12-10-25-21(28)18-32-16-13-29-11-9-24-19(26)6-5-7-22-2/h22H,3-18H2,1-2H3,(H,23,27)(H,24,26)(H,25,28). The molecule has 0 bridgehead atoms. The molecule has 3 amide bonds. The fourth-order valence-corrected chi connectivity index (χ4v) is 2.32. The number of carbonyl (C=O) groups excluding carboxylic acids is 3. The Bertz CT molecular complexity index is 441. The molecule has 0 aromatic rings. The maximum atomic E-state index is 11.6. The van der Waals surface area contributed by atoms with Gasteiger partial charge in [0, 0.05) is 26.1 Å². The van der Waals surface area contributed by atoms with Gasteiger partial charge < -0.3 is 40.2 Å². The molecule has 4 N–H and O–H groups in total. The number of nitrogens with one attached hydrogen (secondary N) is 4. The van der Waals surface area contributed by atoms with Gasteiger partial charge in [0.1, 0.15) is 13.2 Å². The topological polar surface area (TPSA) is 136 Å². The largest absolute Gasteiger partial charge is 0.377 e. The molecule has 188 valence electrons. The van der Waals surface area contributed by atoms with E-state index in [1.807, 2.05) is 7.05 Å². The fraction of sp³-hybridized carbons (Fsp3) is 0.857. The van der Waals surface area contributed by atoms with Crippen LogP contribution in [-0.4, -0.2) is 104 Å². The van der Waals surface area contributed by atoms with Gasteiger partial charge in [0.15, 0.2) is 0 Å². The van der Waals surface area contributed by atoms with Crippen molar-refractivity contribution in [3.63, 3.8) is 0 Å². The second kappa shape index (κ2) is 23.9. The van der Waals surface area contributed by atoms with E-state index in [2.05, 4.69) is 28.2 Å². The maximum absolute atomic E-state index is 11.6. The van der Waals surface area contributed by atoms with E-state index in [0.29, 0.717) is 65.7 Å². The summed E-state index contributed by atoms with van der Waals surface area (Å²) in [7, 11) is 1.85. The van der Waals surface area contributed by atoms with E-state index in [0.717, 1.165) is 25.8 Å². The molecule has 0 saturated heterocycles. The number of rotatable bonds is 23. The van der Waals surface area contributed by atoms with Crippen molar-refractivity contribution in [2.24, 2.45) is 0 Å². The molecular weight excluding hydrogens is 420 g/mol. The van der Waals surface area contributed by atoms with Crippen LogP contribution in [0, 0.1) is 0 Å². The van der Waals surface area contributed by atoms with Crippen LogP contribution in [0.4, 0.5) is 0 Å². The van der Waals surface area contributed by atoms with Gasteiger partial charge in [-0.2, -0.15) is 0 Å². The predicted octanol–water partition coefficient (Wildman–Crippen LogP) is -0.799. The minimum absolute atomic E-state index is 0.0125. The van der Waals surface area contributed by atoms with Crippen molar-refractivity contribution in [3.8, 4) is 0 Å². The van der Waals surface area contributed by atoms with E-state index in [4.69, 9.17) is 18.9 Å². The van der Waals surface area contributed by atoms with Crippen LogP contribution in [0.1, 0.15) is 32.6 Å². The highest BCUT2D eigenvalue weighted by molar-refractivity contribution is 5.77. The molecular formula is C21H42N4O7. The van der Waals surface area contributed by atoms with Crippen molar-refractivity contribution in [1.82, 2.24) is 21.3 Å². The quantitative estimate of drug-likeness (QED) is 0.145. The van der Waals surface area contributed by atoms with Crippen molar-refractivity contribution in [3.05, 3.63) is 0 Å². The average molecular weight is 463 g/mol. The summed E-state index contributed by atoms with van der Waals surface area (Å²) in [5.41, 5.74) is 0. The zero-order chi connectivity index (χ0) is 23.7. The Labute approximate surface area is 191 Å². The second-order valence-electron chi connectivity index (χ2n) is 6.94. The van der Waals surface area contributed by atoms with Gasteiger partial charge in [0.2, 0.25) is 17.7 Å². The Balaban J connectivity index is 3.30. The summed E-state index contributed by atoms with van der Waals surface area (Å²) in [6.45, 7) is 6.40. The van der Waals surface area contributed by atoms with Crippen molar-refractivity contribution < 1.29 is 33.3 Å². The van der Waals surface area contributed by atoms with Crippen LogP contribution in [0.3, 0.4) is 0 Å². The lowest BCUT2D eigenvalue weighted by Gasteiger charge is -2.09. The highest BCUT2D eigenvalue weighted by Crippen LogP contribution is 1.87. The summed E-state index contributed by atoms with van der Waals surface area (Å²) in [5, 5.41) is 11.2. The van der Waals surface area contributed by atoms with Crippen LogP contribution >= 0.6 is 0 Å². The molecule has 0 radical (unpaired) electrons. The summed E-state index contributed by atoms with van der Waals surface area (Å²) in [6, 6.07) is 0. The van der Waals surface area contributed by atoms with Crippen LogP contribution < -0.4 is 21.3 Å². The molecule has 0 unspecified atom stereocenters. The number of unbranched alkanes of at least 4 members (excludes halogenated alkanes) is 1. The number of hydrogen-bond donors (Lipinski definition) is 4. The van der Waals surface area contributed by atoms with Crippen molar-refractivity contribution in [2.75, 3.05) is 86.1 Å². The molecule has 0 heterocycles. The zero-order valence-electron chi connectivity index (χ0n) is 19.7. The summed E-state index contributed by atoms with van der Waals surface area (Å²) in [5.74, 6) is -0.348. The molecule has 0 atom stereocenters. The number of carbonyl (C=O) groups is 3. The third-order valence-electron chi connectivity index (χ3n) is 4.03. The third kappa shape index (κ3) is 22.9. The Kier molecular flexibility index (Phi) is 22.5. The molecule has 0 fully saturated rings. The summed E-state index contributed by atoms with van der Waals surface area (Å²) in [6.07, 6.45) is 3.29. The Morgan fingerprint density at radius 2 is 1.09 bits per heavy atom. The van der Waals surface area contributed by atoms with Crippen LogP contribution in [0.5, 0.6) is 0 Å². The molecule has 0 aliphatic rings. The maximum Gasteiger partial charge on any atom is 0.246 e. The van der Waals surface area contributed by atoms with Gasteiger partial charge in [-0.3, -0.25) is 14.4 Å². The van der Waals surface area contributed by atoms with Crippen LogP contribution in [-0.2, 0) is 33.3 Å². The molecule has 32 heavy (non-hydrogen) atoms. The number of hydrogen-bond acceptors (Lipinski definition) is 8. The summed E-state index contributed by atoms with van der Waals surface area (Å²) >= 11 is 0. The first-order valence-electron chi connectivity index (χ1n) is 11.4. The lowest BCUT2D eigenvalue weighted by atomic mass is 10.3. The van der Waals surface area contributed by atoms with E-state index in [-0.39, 0.29) is 30.9 Å². The third-order valence-corrected chi connectivity index (χ3v) is 4.03. The van der Waals surface area contributed by atoms with E-state index in [9.17, 15) is 14.4 Å². The van der Waals surface area contributed by atoms with E-state index in [1.165, 1.54) is 0 Å². The highest BCUT2D eigenvalue weighted by atomic mass is 16.5. The first-order valence-corrected chi connectivity index (χ1v) is 11.4. The van der Waals surface area contributed by atoms with Gasteiger partial charge in [-0.25, -0.2) is 0 Å². The van der Waals surface area contributed by atoms with Gasteiger partial charge in [-0.05, 0) is 26.4 Å². The smallest absolute Gasteiger partial charge is 0.246 e. The minimum Gasteiger partial charge on any atom is -0.377 e. The fourth-order valence-electron chi connectivity index (χ4n) is 2.32. The lowest BCUT2D eigenvalue weighted by molar-refractivity contribution is -0.127. The molecule has 11 heteroatoms. The van der Waals surface area contributed by atoms with Gasteiger partial charge >= 0.3 is 0 Å². The van der Waals surface area contributed by atoms with Crippen molar-refractivity contribution in [1.29, 1.82) is 0 Å². The van der Waals surface area contributed by atoms with Gasteiger partial charge in [0.05, 0.1) is 39.6 Å². The monoisotopic (exact) mass is 462 g/mol. The predicted molar refractivity (Wildman–Crippen MR) is 120 cm³/mol. The van der Waals surface area contributed by atoms with Gasteiger partial charge in [0.25, 0.3) is 0 Å². The molecule has 0 aliphatic carbocycles. The Morgan fingerprint density at radius 1 is 0.594 bits per heavy atom. The van der Waals surface area contributed by atoms with Crippen molar-refractivity contribution in [2.45, 2.75) is 32.6 Å². The first-order chi connectivity index (χ1) is 15.6. The molecule has 0 spiro atoms. The molecule has 0 aromatic carbocycles. The van der Waals surface area contributed by atoms with E-state index >= 15 is 0 Å². The molecule has 11 nitrogen and oxygen atoms in total. The van der Waals surface area contributed by atoms with Crippen LogP contribution in [0.2, 0.25) is 0 Å². The van der Waals surface area contributed by atoms with Crippen LogP contribution in [0.15, 0.2) is 0 Å². The molecule has 0 aromatic heterocycles. The van der Waals surface area contributed by atoms with E-state index in [1.54, 1.807) is 0 Å². The Morgan fingerprint density at radius 3 is 1.62 bits per heavy atom. The lowest BCUT2D eigenvalue weighted by Crippen LogP contribution is -2.31. The minimum atomic E-state index is -0.234. The summed E-state index contributed by atoms with van der Waals surface area (Å²) < 4.78 is 21.1. The molecule has 0 aliphatic heterocycles. The van der Waals surface area contributed by atoms with Gasteiger partial charge in [-0.15, -0.1) is 0 Å². The van der Waals surface area contributed by atoms with Crippen LogP contribution in [0.25, 0.3) is 0 Å². The number of amides is 3. The zero-order valence-corrected chi connectivity index (χ0v) is 19.7.